The van der Waals surface area contributed by atoms with E-state index in [1.807, 2.05) is 25.1 Å². The molecule has 0 saturated heterocycles. The number of hydrogen-bond acceptors (Lipinski definition) is 1. The lowest BCUT2D eigenvalue weighted by atomic mass is 10.2. The van der Waals surface area contributed by atoms with Crippen molar-refractivity contribution in [3.05, 3.63) is 58.3 Å². The highest BCUT2D eigenvalue weighted by Crippen LogP contribution is 2.23. The summed E-state index contributed by atoms with van der Waals surface area (Å²) in [6.07, 6.45) is 0. The van der Waals surface area contributed by atoms with Crippen LogP contribution in [-0.2, 0) is 0 Å². The fourth-order valence-electron chi connectivity index (χ4n) is 1.55. The van der Waals surface area contributed by atoms with E-state index in [1.165, 1.54) is 24.3 Å². The lowest BCUT2D eigenvalue weighted by molar-refractivity contribution is 0.262. The molecule has 0 aliphatic carbocycles. The van der Waals surface area contributed by atoms with Gasteiger partial charge in [0, 0.05) is 10.2 Å². The molecule has 2 aromatic rings. The van der Waals surface area contributed by atoms with Crippen LogP contribution in [0.3, 0.4) is 0 Å². The van der Waals surface area contributed by atoms with Crippen LogP contribution < -0.4 is 10.6 Å². The Morgan fingerprint density at radius 1 is 1.11 bits per heavy atom. The molecule has 98 valence electrons. The van der Waals surface area contributed by atoms with Gasteiger partial charge in [0.2, 0.25) is 0 Å². The number of halogens is 2. The second kappa shape index (κ2) is 5.84. The maximum absolute atomic E-state index is 12.7. The fraction of sp³-hybridized carbons (Fsp3) is 0.0714. The number of hydrogen-bond donors (Lipinski definition) is 2. The van der Waals surface area contributed by atoms with Gasteiger partial charge in [-0.3, -0.25) is 0 Å². The molecule has 2 N–H and O–H groups in total. The van der Waals surface area contributed by atoms with Crippen LogP contribution in [0.5, 0.6) is 0 Å². The molecule has 0 fully saturated rings. The normalized spacial score (nSPS) is 10.1. The van der Waals surface area contributed by atoms with Gasteiger partial charge in [0.25, 0.3) is 0 Å². The van der Waals surface area contributed by atoms with Gasteiger partial charge in [-0.15, -0.1) is 0 Å². The minimum absolute atomic E-state index is 0.340. The van der Waals surface area contributed by atoms with Crippen LogP contribution in [-0.4, -0.2) is 6.03 Å². The summed E-state index contributed by atoms with van der Waals surface area (Å²) in [7, 11) is 0. The summed E-state index contributed by atoms with van der Waals surface area (Å²) in [6.45, 7) is 1.94. The Bertz CT molecular complexity index is 599. The second-order valence-corrected chi connectivity index (χ2v) is 4.92. The number of nitrogens with one attached hydrogen (secondary N) is 2. The molecular formula is C14H12BrFN2O. The standard InChI is InChI=1S/C14H12BrFN2O/c1-9-2-7-12(15)13(8-9)18-14(19)17-11-5-3-10(16)4-6-11/h2-8H,1H3,(H2,17,18,19). The first kappa shape index (κ1) is 13.5. The molecule has 0 saturated carbocycles. The van der Waals surface area contributed by atoms with Gasteiger partial charge >= 0.3 is 6.03 Å². The third-order valence-corrected chi connectivity index (χ3v) is 3.16. The van der Waals surface area contributed by atoms with E-state index < -0.39 is 0 Å². The highest BCUT2D eigenvalue weighted by atomic mass is 79.9. The highest BCUT2D eigenvalue weighted by Gasteiger charge is 2.06. The average Bonchev–Trinajstić information content (AvgIpc) is 2.37. The Labute approximate surface area is 119 Å². The number of urea groups is 1. The quantitative estimate of drug-likeness (QED) is 0.837. The van der Waals surface area contributed by atoms with Crippen LogP contribution in [0.15, 0.2) is 46.9 Å². The molecule has 0 heterocycles. The van der Waals surface area contributed by atoms with Crippen molar-refractivity contribution in [2.24, 2.45) is 0 Å². The van der Waals surface area contributed by atoms with Gasteiger partial charge in [0.15, 0.2) is 0 Å². The molecule has 2 amide bonds. The molecule has 3 nitrogen and oxygen atoms in total. The largest absolute Gasteiger partial charge is 0.323 e. The van der Waals surface area contributed by atoms with E-state index in [0.29, 0.717) is 11.4 Å². The molecule has 0 aliphatic rings. The first-order chi connectivity index (χ1) is 9.04. The van der Waals surface area contributed by atoms with Crippen molar-refractivity contribution >= 4 is 33.3 Å². The van der Waals surface area contributed by atoms with E-state index in [2.05, 4.69) is 26.6 Å². The fourth-order valence-corrected chi connectivity index (χ4v) is 1.90. The first-order valence-corrected chi connectivity index (χ1v) is 6.43. The van der Waals surface area contributed by atoms with Gasteiger partial charge in [-0.25, -0.2) is 9.18 Å². The Hall–Kier alpha value is -1.88. The van der Waals surface area contributed by atoms with Crippen LogP contribution >= 0.6 is 15.9 Å². The molecule has 19 heavy (non-hydrogen) atoms. The SMILES string of the molecule is Cc1ccc(Br)c(NC(=O)Nc2ccc(F)cc2)c1. The zero-order valence-electron chi connectivity index (χ0n) is 10.2. The number of carbonyl (C=O) groups excluding carboxylic acids is 1. The number of amides is 2. The molecule has 2 rings (SSSR count). The number of anilines is 2. The van der Waals surface area contributed by atoms with Crippen LogP contribution in [0.25, 0.3) is 0 Å². The number of carbonyl (C=O) groups is 1. The molecule has 0 unspecified atom stereocenters. The number of rotatable bonds is 2. The highest BCUT2D eigenvalue weighted by molar-refractivity contribution is 9.10. The number of benzene rings is 2. The van der Waals surface area contributed by atoms with Crippen LogP contribution in [0, 0.1) is 12.7 Å². The summed E-state index contributed by atoms with van der Waals surface area (Å²) in [6, 6.07) is 10.9. The Morgan fingerprint density at radius 2 is 1.79 bits per heavy atom. The molecular weight excluding hydrogens is 311 g/mol. The van der Waals surface area contributed by atoms with E-state index in [9.17, 15) is 9.18 Å². The third kappa shape index (κ3) is 3.79. The van der Waals surface area contributed by atoms with Crippen LogP contribution in [0.2, 0.25) is 0 Å². The summed E-state index contributed by atoms with van der Waals surface area (Å²) in [5, 5.41) is 5.35. The maximum atomic E-state index is 12.7. The summed E-state index contributed by atoms with van der Waals surface area (Å²) in [5.74, 6) is -0.340. The van der Waals surface area contributed by atoms with Gasteiger partial charge < -0.3 is 10.6 Å². The zero-order chi connectivity index (χ0) is 13.8. The molecule has 0 atom stereocenters. The summed E-state index contributed by atoms with van der Waals surface area (Å²) in [5.41, 5.74) is 2.25. The monoisotopic (exact) mass is 322 g/mol. The topological polar surface area (TPSA) is 41.1 Å². The minimum atomic E-state index is -0.377. The Balaban J connectivity index is 2.05. The van der Waals surface area contributed by atoms with E-state index in [0.717, 1.165) is 10.0 Å². The van der Waals surface area contributed by atoms with Crippen molar-refractivity contribution in [1.82, 2.24) is 0 Å². The van der Waals surface area contributed by atoms with E-state index in [1.54, 1.807) is 0 Å². The van der Waals surface area contributed by atoms with Crippen LogP contribution in [0.1, 0.15) is 5.56 Å². The third-order valence-electron chi connectivity index (χ3n) is 2.47. The molecule has 0 spiro atoms. The predicted molar refractivity (Wildman–Crippen MR) is 77.9 cm³/mol. The molecule has 0 bridgehead atoms. The maximum Gasteiger partial charge on any atom is 0.323 e. The second-order valence-electron chi connectivity index (χ2n) is 4.07. The predicted octanol–water partition coefficient (Wildman–Crippen LogP) is 4.54. The molecule has 0 radical (unpaired) electrons. The van der Waals surface area contributed by atoms with Gasteiger partial charge in [-0.1, -0.05) is 6.07 Å². The average molecular weight is 323 g/mol. The minimum Gasteiger partial charge on any atom is -0.308 e. The lowest BCUT2D eigenvalue weighted by Crippen LogP contribution is -2.19. The van der Waals surface area contributed by atoms with E-state index in [-0.39, 0.29) is 11.8 Å². The van der Waals surface area contributed by atoms with E-state index in [4.69, 9.17) is 0 Å². The molecule has 5 heteroatoms. The molecule has 0 aromatic heterocycles. The van der Waals surface area contributed by atoms with Crippen LogP contribution in [0.4, 0.5) is 20.6 Å². The summed E-state index contributed by atoms with van der Waals surface area (Å²) in [4.78, 5) is 11.8. The van der Waals surface area contributed by atoms with Crippen molar-refractivity contribution in [2.75, 3.05) is 10.6 Å². The number of aryl methyl sites for hydroxylation is 1. The van der Waals surface area contributed by atoms with Crippen molar-refractivity contribution in [3.8, 4) is 0 Å². The smallest absolute Gasteiger partial charge is 0.308 e. The first-order valence-electron chi connectivity index (χ1n) is 5.64. The summed E-state index contributed by atoms with van der Waals surface area (Å²) < 4.78 is 13.5. The van der Waals surface area contributed by atoms with Gasteiger partial charge in [-0.2, -0.15) is 0 Å². The lowest BCUT2D eigenvalue weighted by Gasteiger charge is -2.09. The zero-order valence-corrected chi connectivity index (χ0v) is 11.8. The van der Waals surface area contributed by atoms with Crippen molar-refractivity contribution < 1.29 is 9.18 Å². The molecule has 2 aromatic carbocycles. The summed E-state index contributed by atoms with van der Waals surface area (Å²) >= 11 is 3.36. The van der Waals surface area contributed by atoms with Gasteiger partial charge in [-0.05, 0) is 64.8 Å². The Kier molecular flexibility index (Phi) is 4.16. The van der Waals surface area contributed by atoms with Crippen molar-refractivity contribution in [2.45, 2.75) is 6.92 Å². The van der Waals surface area contributed by atoms with Crippen molar-refractivity contribution in [1.29, 1.82) is 0 Å². The van der Waals surface area contributed by atoms with Crippen molar-refractivity contribution in [3.63, 3.8) is 0 Å². The van der Waals surface area contributed by atoms with Gasteiger partial charge in [0.1, 0.15) is 5.82 Å². The molecule has 0 aliphatic heterocycles. The Morgan fingerprint density at radius 3 is 2.47 bits per heavy atom. The van der Waals surface area contributed by atoms with Gasteiger partial charge in [0.05, 0.1) is 5.69 Å². The van der Waals surface area contributed by atoms with E-state index >= 15 is 0 Å².